The van der Waals surface area contributed by atoms with Crippen LogP contribution in [0.3, 0.4) is 0 Å². The number of ether oxygens (including phenoxy) is 3. The first-order valence-electron chi connectivity index (χ1n) is 7.62. The Labute approximate surface area is 140 Å². The summed E-state index contributed by atoms with van der Waals surface area (Å²) >= 11 is 0. The second-order valence-corrected chi connectivity index (χ2v) is 4.73. The molecule has 7 heteroatoms. The number of rotatable bonds is 8. The summed E-state index contributed by atoms with van der Waals surface area (Å²) in [6.07, 6.45) is 1.12. The molecule has 0 fully saturated rings. The highest BCUT2D eigenvalue weighted by molar-refractivity contribution is 5.83. The molecule has 2 rings (SSSR count). The highest BCUT2D eigenvalue weighted by atomic mass is 16.5. The van der Waals surface area contributed by atoms with Gasteiger partial charge in [0.05, 0.1) is 25.6 Å². The molecular formula is C17H21N3O4. The average molecular weight is 331 g/mol. The van der Waals surface area contributed by atoms with Gasteiger partial charge in [-0.3, -0.25) is 5.32 Å². The minimum Gasteiger partial charge on any atom is -0.497 e. The van der Waals surface area contributed by atoms with E-state index < -0.39 is 6.09 Å². The van der Waals surface area contributed by atoms with Gasteiger partial charge in [-0.2, -0.15) is 0 Å². The fourth-order valence-electron chi connectivity index (χ4n) is 1.88. The van der Waals surface area contributed by atoms with Gasteiger partial charge in [-0.05, 0) is 43.3 Å². The third-order valence-corrected chi connectivity index (χ3v) is 3.03. The minimum atomic E-state index is -0.515. The number of methoxy groups -OCH3 is 1. The van der Waals surface area contributed by atoms with E-state index in [0.717, 1.165) is 17.2 Å². The molecule has 1 aromatic heterocycles. The maximum atomic E-state index is 11.3. The zero-order chi connectivity index (χ0) is 17.2. The topological polar surface area (TPSA) is 81.7 Å². The van der Waals surface area contributed by atoms with E-state index in [2.05, 4.69) is 15.6 Å². The van der Waals surface area contributed by atoms with Crippen LogP contribution in [0, 0.1) is 0 Å². The molecule has 0 aliphatic carbocycles. The molecule has 0 spiro atoms. The summed E-state index contributed by atoms with van der Waals surface area (Å²) in [7, 11) is 1.63. The molecule has 0 aliphatic rings. The number of anilines is 2. The van der Waals surface area contributed by atoms with Gasteiger partial charge < -0.3 is 19.5 Å². The van der Waals surface area contributed by atoms with Crippen LogP contribution >= 0.6 is 0 Å². The molecule has 24 heavy (non-hydrogen) atoms. The second kappa shape index (κ2) is 9.24. The predicted octanol–water partition coefficient (Wildman–Crippen LogP) is 3.15. The molecule has 2 aromatic rings. The Morgan fingerprint density at radius 1 is 1.12 bits per heavy atom. The van der Waals surface area contributed by atoms with E-state index >= 15 is 0 Å². The Balaban J connectivity index is 1.71. The van der Waals surface area contributed by atoms with E-state index in [9.17, 15) is 4.79 Å². The maximum absolute atomic E-state index is 11.3. The van der Waals surface area contributed by atoms with Gasteiger partial charge in [0.1, 0.15) is 23.9 Å². The Hall–Kier alpha value is -2.96. The number of benzene rings is 1. The lowest BCUT2D eigenvalue weighted by atomic mass is 10.3. The number of amides is 1. The zero-order valence-corrected chi connectivity index (χ0v) is 13.7. The quantitative estimate of drug-likeness (QED) is 0.723. The molecule has 7 nitrogen and oxygen atoms in total. The van der Waals surface area contributed by atoms with Gasteiger partial charge in [-0.25, -0.2) is 9.78 Å². The number of pyridine rings is 1. The van der Waals surface area contributed by atoms with Crippen LogP contribution in [0.2, 0.25) is 0 Å². The van der Waals surface area contributed by atoms with Crippen molar-refractivity contribution in [1.29, 1.82) is 0 Å². The van der Waals surface area contributed by atoms with Crippen molar-refractivity contribution in [1.82, 2.24) is 4.98 Å². The van der Waals surface area contributed by atoms with E-state index in [4.69, 9.17) is 14.2 Å². The van der Waals surface area contributed by atoms with Crippen LogP contribution in [0.5, 0.6) is 11.5 Å². The summed E-state index contributed by atoms with van der Waals surface area (Å²) in [5, 5.41) is 5.72. The second-order valence-electron chi connectivity index (χ2n) is 4.73. The van der Waals surface area contributed by atoms with Crippen LogP contribution < -0.4 is 20.1 Å². The Bertz CT molecular complexity index is 629. The van der Waals surface area contributed by atoms with Gasteiger partial charge in [0, 0.05) is 6.54 Å². The summed E-state index contributed by atoms with van der Waals surface area (Å²) in [6, 6.07) is 10.9. The Kier molecular flexibility index (Phi) is 6.70. The number of nitrogens with one attached hydrogen (secondary N) is 2. The van der Waals surface area contributed by atoms with Gasteiger partial charge in [-0.1, -0.05) is 0 Å². The molecule has 128 valence electrons. The fraction of sp³-hybridized carbons (Fsp3) is 0.294. The van der Waals surface area contributed by atoms with E-state index in [0.29, 0.717) is 25.6 Å². The third-order valence-electron chi connectivity index (χ3n) is 3.03. The van der Waals surface area contributed by atoms with Crippen molar-refractivity contribution in [2.75, 3.05) is 37.5 Å². The Morgan fingerprint density at radius 3 is 2.50 bits per heavy atom. The van der Waals surface area contributed by atoms with Crippen LogP contribution in [-0.2, 0) is 4.74 Å². The summed E-state index contributed by atoms with van der Waals surface area (Å²) in [6.45, 7) is 3.20. The molecule has 1 heterocycles. The van der Waals surface area contributed by atoms with Crippen molar-refractivity contribution < 1.29 is 19.0 Å². The molecule has 2 N–H and O–H groups in total. The molecule has 0 saturated heterocycles. The van der Waals surface area contributed by atoms with Crippen molar-refractivity contribution in [2.45, 2.75) is 6.92 Å². The van der Waals surface area contributed by atoms with Gasteiger partial charge >= 0.3 is 6.09 Å². The first-order valence-corrected chi connectivity index (χ1v) is 7.62. The predicted molar refractivity (Wildman–Crippen MR) is 91.9 cm³/mol. The van der Waals surface area contributed by atoms with Crippen LogP contribution in [0.15, 0.2) is 42.6 Å². The zero-order valence-electron chi connectivity index (χ0n) is 13.7. The molecule has 0 radical (unpaired) electrons. The molecular weight excluding hydrogens is 310 g/mol. The lowest BCUT2D eigenvalue weighted by Crippen LogP contribution is -2.14. The van der Waals surface area contributed by atoms with Gasteiger partial charge in [0.25, 0.3) is 0 Å². The molecule has 0 atom stereocenters. The van der Waals surface area contributed by atoms with E-state index in [1.807, 2.05) is 30.3 Å². The van der Waals surface area contributed by atoms with Crippen molar-refractivity contribution in [3.8, 4) is 11.5 Å². The maximum Gasteiger partial charge on any atom is 0.412 e. The summed E-state index contributed by atoms with van der Waals surface area (Å²) in [5.41, 5.74) is 0.836. The number of nitrogens with zero attached hydrogens (tertiary/aromatic N) is 1. The van der Waals surface area contributed by atoms with Crippen molar-refractivity contribution in [2.24, 2.45) is 0 Å². The van der Waals surface area contributed by atoms with Gasteiger partial charge in [-0.15, -0.1) is 0 Å². The lowest BCUT2D eigenvalue weighted by Gasteiger charge is -2.09. The Morgan fingerprint density at radius 2 is 1.88 bits per heavy atom. The fourth-order valence-corrected chi connectivity index (χ4v) is 1.88. The van der Waals surface area contributed by atoms with Crippen LogP contribution in [-0.4, -0.2) is 37.9 Å². The highest BCUT2D eigenvalue weighted by Crippen LogP contribution is 2.17. The summed E-state index contributed by atoms with van der Waals surface area (Å²) in [4.78, 5) is 15.4. The number of hydrogen-bond donors (Lipinski definition) is 2. The van der Waals surface area contributed by atoms with Crippen molar-refractivity contribution in [3.63, 3.8) is 0 Å². The smallest absolute Gasteiger partial charge is 0.412 e. The number of aromatic nitrogens is 1. The standard InChI is InChI=1S/C17H21N3O4/c1-3-23-17(21)20-16-9-4-13(12-19-16)18-10-11-24-15-7-5-14(22-2)6-8-15/h4-9,12,18H,3,10-11H2,1-2H3,(H,19,20,21). The van der Waals surface area contributed by atoms with Crippen LogP contribution in [0.4, 0.5) is 16.3 Å². The summed E-state index contributed by atoms with van der Waals surface area (Å²) in [5.74, 6) is 2.02. The number of hydrogen-bond acceptors (Lipinski definition) is 6. The molecule has 0 aliphatic heterocycles. The highest BCUT2D eigenvalue weighted by Gasteiger charge is 2.02. The van der Waals surface area contributed by atoms with E-state index in [1.165, 1.54) is 0 Å². The normalized spacial score (nSPS) is 9.92. The van der Waals surface area contributed by atoms with E-state index in [1.54, 1.807) is 26.3 Å². The first kappa shape index (κ1) is 17.4. The van der Waals surface area contributed by atoms with Crippen molar-refractivity contribution in [3.05, 3.63) is 42.6 Å². The molecule has 1 amide bonds. The summed E-state index contributed by atoms with van der Waals surface area (Å²) < 4.78 is 15.5. The average Bonchev–Trinajstić information content (AvgIpc) is 2.61. The van der Waals surface area contributed by atoms with Crippen LogP contribution in [0.25, 0.3) is 0 Å². The lowest BCUT2D eigenvalue weighted by molar-refractivity contribution is 0.168. The first-order chi connectivity index (χ1) is 11.7. The third kappa shape index (κ3) is 5.68. The number of carbonyl (C=O) groups is 1. The minimum absolute atomic E-state index is 0.319. The molecule has 0 saturated carbocycles. The monoisotopic (exact) mass is 331 g/mol. The number of carbonyl (C=O) groups excluding carboxylic acids is 1. The van der Waals surface area contributed by atoms with Crippen molar-refractivity contribution >= 4 is 17.6 Å². The SMILES string of the molecule is CCOC(=O)Nc1ccc(NCCOc2ccc(OC)cc2)cn1. The largest absolute Gasteiger partial charge is 0.497 e. The van der Waals surface area contributed by atoms with E-state index in [-0.39, 0.29) is 0 Å². The van der Waals surface area contributed by atoms with Gasteiger partial charge in [0.15, 0.2) is 0 Å². The van der Waals surface area contributed by atoms with Gasteiger partial charge in [0.2, 0.25) is 0 Å². The molecule has 1 aromatic carbocycles. The van der Waals surface area contributed by atoms with Crippen LogP contribution in [0.1, 0.15) is 6.92 Å². The molecule has 0 unspecified atom stereocenters. The molecule has 0 bridgehead atoms.